The monoisotopic (exact) mass is 229 g/mol. The van der Waals surface area contributed by atoms with E-state index < -0.39 is 0 Å². The van der Waals surface area contributed by atoms with Crippen LogP contribution in [0.2, 0.25) is 0 Å². The molecule has 2 heteroatoms. The number of hydrogen-bond donors (Lipinski definition) is 0. The van der Waals surface area contributed by atoms with Crippen molar-refractivity contribution in [2.24, 2.45) is 0 Å². The van der Waals surface area contributed by atoms with E-state index in [9.17, 15) is 0 Å². The van der Waals surface area contributed by atoms with E-state index in [1.807, 2.05) is 12.1 Å². The summed E-state index contributed by atoms with van der Waals surface area (Å²) in [6.45, 7) is 1.14. The molecule has 0 spiro atoms. The van der Waals surface area contributed by atoms with Crippen molar-refractivity contribution in [2.75, 3.05) is 20.6 Å². The Morgan fingerprint density at radius 1 is 1.06 bits per heavy atom. The van der Waals surface area contributed by atoms with Gasteiger partial charge in [-0.3, -0.25) is 0 Å². The van der Waals surface area contributed by atoms with Crippen molar-refractivity contribution in [1.82, 2.24) is 4.90 Å². The standard InChI is InChI=1S/C15H19NO/c1-16(2)11-3-5-13-7-9-14(10-8-13)15-6-4-12-17-15/h4,6-10,12H,3,5,11H2,1-2H3. The van der Waals surface area contributed by atoms with Crippen LogP contribution in [0.15, 0.2) is 47.1 Å². The van der Waals surface area contributed by atoms with Gasteiger partial charge in [0.1, 0.15) is 5.76 Å². The van der Waals surface area contributed by atoms with Crippen LogP contribution in [0, 0.1) is 0 Å². The molecule has 0 atom stereocenters. The third-order valence-electron chi connectivity index (χ3n) is 2.83. The number of nitrogens with zero attached hydrogens (tertiary/aromatic N) is 1. The molecule has 1 aromatic heterocycles. The second-order valence-electron chi connectivity index (χ2n) is 4.58. The zero-order valence-corrected chi connectivity index (χ0v) is 10.5. The Bertz CT molecular complexity index is 428. The fourth-order valence-electron chi connectivity index (χ4n) is 1.88. The molecule has 2 aromatic rings. The first kappa shape index (κ1) is 11.9. The van der Waals surface area contributed by atoms with Crippen LogP contribution in [-0.4, -0.2) is 25.5 Å². The SMILES string of the molecule is CN(C)CCCc1ccc(-c2ccco2)cc1. The number of rotatable bonds is 5. The van der Waals surface area contributed by atoms with Gasteiger partial charge in [0, 0.05) is 5.56 Å². The van der Waals surface area contributed by atoms with Crippen LogP contribution in [0.25, 0.3) is 11.3 Å². The minimum atomic E-state index is 0.935. The molecule has 0 unspecified atom stereocenters. The maximum Gasteiger partial charge on any atom is 0.133 e. The Morgan fingerprint density at radius 2 is 1.82 bits per heavy atom. The highest BCUT2D eigenvalue weighted by Gasteiger charge is 2.00. The minimum Gasteiger partial charge on any atom is -0.464 e. The van der Waals surface area contributed by atoms with Crippen LogP contribution in [0.3, 0.4) is 0 Å². The number of aryl methyl sites for hydroxylation is 1. The molecular formula is C15H19NO. The zero-order valence-electron chi connectivity index (χ0n) is 10.5. The van der Waals surface area contributed by atoms with E-state index in [0.29, 0.717) is 0 Å². The maximum atomic E-state index is 5.37. The van der Waals surface area contributed by atoms with Gasteiger partial charge in [-0.25, -0.2) is 0 Å². The van der Waals surface area contributed by atoms with Gasteiger partial charge in [0.2, 0.25) is 0 Å². The van der Waals surface area contributed by atoms with Gasteiger partial charge in [0.25, 0.3) is 0 Å². The molecule has 0 fully saturated rings. The topological polar surface area (TPSA) is 16.4 Å². The fourth-order valence-corrected chi connectivity index (χ4v) is 1.88. The molecule has 2 rings (SSSR count). The third kappa shape index (κ3) is 3.46. The van der Waals surface area contributed by atoms with E-state index in [-0.39, 0.29) is 0 Å². The normalized spacial score (nSPS) is 11.0. The average Bonchev–Trinajstić information content (AvgIpc) is 2.83. The van der Waals surface area contributed by atoms with Crippen molar-refractivity contribution >= 4 is 0 Å². The van der Waals surface area contributed by atoms with Gasteiger partial charge in [-0.05, 0) is 51.2 Å². The summed E-state index contributed by atoms with van der Waals surface area (Å²) in [7, 11) is 4.22. The quantitative estimate of drug-likeness (QED) is 0.781. The second kappa shape index (κ2) is 5.69. The highest BCUT2D eigenvalue weighted by molar-refractivity contribution is 5.57. The molecule has 0 radical (unpaired) electrons. The summed E-state index contributed by atoms with van der Waals surface area (Å²) in [4.78, 5) is 2.22. The summed E-state index contributed by atoms with van der Waals surface area (Å²) in [5.41, 5.74) is 2.54. The van der Waals surface area contributed by atoms with Gasteiger partial charge in [-0.1, -0.05) is 24.3 Å². The highest BCUT2D eigenvalue weighted by atomic mass is 16.3. The molecule has 0 saturated heterocycles. The summed E-state index contributed by atoms with van der Waals surface area (Å²) in [6.07, 6.45) is 4.05. The smallest absolute Gasteiger partial charge is 0.133 e. The fraction of sp³-hybridized carbons (Fsp3) is 0.333. The van der Waals surface area contributed by atoms with Gasteiger partial charge in [-0.15, -0.1) is 0 Å². The van der Waals surface area contributed by atoms with E-state index in [4.69, 9.17) is 4.42 Å². The average molecular weight is 229 g/mol. The molecule has 0 aliphatic carbocycles. The molecular weight excluding hydrogens is 210 g/mol. The molecule has 0 aliphatic heterocycles. The van der Waals surface area contributed by atoms with Crippen LogP contribution < -0.4 is 0 Å². The molecule has 2 nitrogen and oxygen atoms in total. The molecule has 0 N–H and O–H groups in total. The van der Waals surface area contributed by atoms with E-state index in [1.165, 1.54) is 12.0 Å². The Morgan fingerprint density at radius 3 is 2.41 bits per heavy atom. The second-order valence-corrected chi connectivity index (χ2v) is 4.58. The molecule has 0 aliphatic rings. The van der Waals surface area contributed by atoms with Crippen molar-refractivity contribution in [3.63, 3.8) is 0 Å². The van der Waals surface area contributed by atoms with Crippen molar-refractivity contribution in [2.45, 2.75) is 12.8 Å². The Kier molecular flexibility index (Phi) is 3.99. The van der Waals surface area contributed by atoms with Crippen LogP contribution in [0.5, 0.6) is 0 Å². The molecule has 17 heavy (non-hydrogen) atoms. The lowest BCUT2D eigenvalue weighted by Gasteiger charge is -2.09. The predicted molar refractivity (Wildman–Crippen MR) is 71.0 cm³/mol. The van der Waals surface area contributed by atoms with Gasteiger partial charge in [0.05, 0.1) is 6.26 Å². The lowest BCUT2D eigenvalue weighted by Crippen LogP contribution is -2.13. The Balaban J connectivity index is 1.94. The molecule has 0 bridgehead atoms. The van der Waals surface area contributed by atoms with Crippen LogP contribution in [0.1, 0.15) is 12.0 Å². The van der Waals surface area contributed by atoms with Crippen LogP contribution in [-0.2, 0) is 6.42 Å². The highest BCUT2D eigenvalue weighted by Crippen LogP contribution is 2.20. The summed E-state index contributed by atoms with van der Waals surface area (Å²) in [5.74, 6) is 0.935. The van der Waals surface area contributed by atoms with E-state index in [1.54, 1.807) is 6.26 Å². The number of furan rings is 1. The lowest BCUT2D eigenvalue weighted by atomic mass is 10.1. The summed E-state index contributed by atoms with van der Waals surface area (Å²) in [5, 5.41) is 0. The van der Waals surface area contributed by atoms with E-state index in [0.717, 1.165) is 24.3 Å². The number of benzene rings is 1. The van der Waals surface area contributed by atoms with Crippen molar-refractivity contribution in [3.8, 4) is 11.3 Å². The molecule has 0 amide bonds. The van der Waals surface area contributed by atoms with Gasteiger partial charge < -0.3 is 9.32 Å². The first-order valence-corrected chi connectivity index (χ1v) is 6.03. The van der Waals surface area contributed by atoms with Gasteiger partial charge >= 0.3 is 0 Å². The summed E-state index contributed by atoms with van der Waals surface area (Å²) in [6, 6.07) is 12.5. The van der Waals surface area contributed by atoms with Gasteiger partial charge in [-0.2, -0.15) is 0 Å². The first-order chi connectivity index (χ1) is 8.25. The third-order valence-corrected chi connectivity index (χ3v) is 2.83. The Hall–Kier alpha value is -1.54. The molecule has 1 heterocycles. The minimum absolute atomic E-state index is 0.935. The van der Waals surface area contributed by atoms with Crippen LogP contribution in [0.4, 0.5) is 0 Å². The zero-order chi connectivity index (χ0) is 12.1. The predicted octanol–water partition coefficient (Wildman–Crippen LogP) is 3.44. The van der Waals surface area contributed by atoms with Crippen LogP contribution >= 0.6 is 0 Å². The molecule has 90 valence electrons. The molecule has 1 aromatic carbocycles. The van der Waals surface area contributed by atoms with Crippen molar-refractivity contribution in [1.29, 1.82) is 0 Å². The number of hydrogen-bond acceptors (Lipinski definition) is 2. The van der Waals surface area contributed by atoms with E-state index >= 15 is 0 Å². The Labute approximate surface area is 103 Å². The lowest BCUT2D eigenvalue weighted by molar-refractivity contribution is 0.400. The van der Waals surface area contributed by atoms with Crippen molar-refractivity contribution in [3.05, 3.63) is 48.2 Å². The largest absolute Gasteiger partial charge is 0.464 e. The first-order valence-electron chi connectivity index (χ1n) is 6.03. The maximum absolute atomic E-state index is 5.37. The summed E-state index contributed by atoms with van der Waals surface area (Å²) < 4.78 is 5.37. The van der Waals surface area contributed by atoms with E-state index in [2.05, 4.69) is 43.3 Å². The van der Waals surface area contributed by atoms with Gasteiger partial charge in [0.15, 0.2) is 0 Å². The summed E-state index contributed by atoms with van der Waals surface area (Å²) >= 11 is 0. The molecule has 0 saturated carbocycles. The van der Waals surface area contributed by atoms with Crippen molar-refractivity contribution < 1.29 is 4.42 Å².